The van der Waals surface area contributed by atoms with Gasteiger partial charge in [-0.3, -0.25) is 9.59 Å². The van der Waals surface area contributed by atoms with Crippen LogP contribution in [0.5, 0.6) is 17.2 Å². The highest BCUT2D eigenvalue weighted by atomic mass is 16.6. The number of fused-ring (bicyclic) bond motifs is 1. The van der Waals surface area contributed by atoms with E-state index in [9.17, 15) is 9.59 Å². The van der Waals surface area contributed by atoms with Gasteiger partial charge in [-0.2, -0.15) is 0 Å². The summed E-state index contributed by atoms with van der Waals surface area (Å²) >= 11 is 0. The highest BCUT2D eigenvalue weighted by Crippen LogP contribution is 2.34. The maximum atomic E-state index is 12.4. The van der Waals surface area contributed by atoms with E-state index in [0.29, 0.717) is 36.0 Å². The Kier molecular flexibility index (Phi) is 5.76. The zero-order valence-electron chi connectivity index (χ0n) is 15.3. The molecule has 0 atom stereocenters. The van der Waals surface area contributed by atoms with Crippen LogP contribution in [0, 0.1) is 0 Å². The Bertz CT molecular complexity index is 855. The van der Waals surface area contributed by atoms with Crippen LogP contribution in [0.1, 0.15) is 15.9 Å². The second-order valence-corrected chi connectivity index (χ2v) is 6.17. The lowest BCUT2D eigenvalue weighted by atomic mass is 10.1. The van der Waals surface area contributed by atoms with Crippen LogP contribution in [-0.2, 0) is 4.79 Å². The minimum absolute atomic E-state index is 0.0403. The number of carbonyl (C=O) groups excluding carboxylic acids is 2. The molecule has 0 saturated heterocycles. The average molecular weight is 367 g/mol. The van der Waals surface area contributed by atoms with E-state index in [1.807, 2.05) is 18.2 Å². The molecule has 6 nitrogen and oxygen atoms in total. The minimum atomic E-state index is -0.139. The first kappa shape index (κ1) is 18.5. The SMILES string of the molecule is CN(C)C(=O)COc1ccc(C(=O)C=Cc2cccc3c2OCCO3)cc1. The lowest BCUT2D eigenvalue weighted by molar-refractivity contribution is -0.130. The van der Waals surface area contributed by atoms with Gasteiger partial charge in [0.05, 0.1) is 0 Å². The number of benzene rings is 2. The zero-order valence-corrected chi connectivity index (χ0v) is 15.3. The molecule has 0 radical (unpaired) electrons. The molecule has 1 aliphatic heterocycles. The molecule has 0 fully saturated rings. The van der Waals surface area contributed by atoms with Gasteiger partial charge in [0, 0.05) is 25.2 Å². The van der Waals surface area contributed by atoms with Crippen molar-refractivity contribution in [1.29, 1.82) is 0 Å². The van der Waals surface area contributed by atoms with Crippen molar-refractivity contribution in [1.82, 2.24) is 4.90 Å². The number of nitrogens with zero attached hydrogens (tertiary/aromatic N) is 1. The maximum Gasteiger partial charge on any atom is 0.259 e. The molecule has 0 bridgehead atoms. The summed E-state index contributed by atoms with van der Waals surface area (Å²) in [5.74, 6) is 1.61. The molecule has 27 heavy (non-hydrogen) atoms. The fourth-order valence-electron chi connectivity index (χ4n) is 2.48. The van der Waals surface area contributed by atoms with Gasteiger partial charge in [0.1, 0.15) is 19.0 Å². The van der Waals surface area contributed by atoms with Gasteiger partial charge in [-0.15, -0.1) is 0 Å². The zero-order chi connectivity index (χ0) is 19.2. The van der Waals surface area contributed by atoms with E-state index in [1.165, 1.54) is 11.0 Å². The van der Waals surface area contributed by atoms with E-state index in [1.54, 1.807) is 44.4 Å². The van der Waals surface area contributed by atoms with Crippen molar-refractivity contribution in [3.05, 3.63) is 59.7 Å². The smallest absolute Gasteiger partial charge is 0.259 e. The number of hydrogen-bond donors (Lipinski definition) is 0. The van der Waals surface area contributed by atoms with Crippen LogP contribution in [0.2, 0.25) is 0 Å². The van der Waals surface area contributed by atoms with Crippen molar-refractivity contribution < 1.29 is 23.8 Å². The number of amides is 1. The molecule has 140 valence electrons. The molecular weight excluding hydrogens is 346 g/mol. The number of ketones is 1. The van der Waals surface area contributed by atoms with E-state index >= 15 is 0 Å². The summed E-state index contributed by atoms with van der Waals surface area (Å²) < 4.78 is 16.6. The Hall–Kier alpha value is -3.28. The topological polar surface area (TPSA) is 65.1 Å². The summed E-state index contributed by atoms with van der Waals surface area (Å²) in [6.07, 6.45) is 3.22. The van der Waals surface area contributed by atoms with Crippen LogP contribution in [0.3, 0.4) is 0 Å². The Morgan fingerprint density at radius 3 is 2.56 bits per heavy atom. The van der Waals surface area contributed by atoms with Gasteiger partial charge in [-0.25, -0.2) is 0 Å². The van der Waals surface area contributed by atoms with Crippen molar-refractivity contribution in [2.24, 2.45) is 0 Å². The molecule has 3 rings (SSSR count). The number of carbonyl (C=O) groups is 2. The molecular formula is C21H21NO5. The normalized spacial score (nSPS) is 12.7. The Labute approximate surface area is 158 Å². The molecule has 0 aromatic heterocycles. The number of para-hydroxylation sites is 1. The molecule has 1 amide bonds. The predicted octanol–water partition coefficient (Wildman–Crippen LogP) is 2.82. The minimum Gasteiger partial charge on any atom is -0.486 e. The van der Waals surface area contributed by atoms with Gasteiger partial charge >= 0.3 is 0 Å². The quantitative estimate of drug-likeness (QED) is 0.580. The fourth-order valence-corrected chi connectivity index (χ4v) is 2.48. The summed E-state index contributed by atoms with van der Waals surface area (Å²) in [5.41, 5.74) is 1.32. The number of ether oxygens (including phenoxy) is 3. The third-order valence-electron chi connectivity index (χ3n) is 4.01. The summed E-state index contributed by atoms with van der Waals surface area (Å²) in [6.45, 7) is 0.971. The third kappa shape index (κ3) is 4.67. The second-order valence-electron chi connectivity index (χ2n) is 6.17. The van der Waals surface area contributed by atoms with Crippen molar-refractivity contribution in [2.45, 2.75) is 0 Å². The number of hydrogen-bond acceptors (Lipinski definition) is 5. The Morgan fingerprint density at radius 1 is 1.07 bits per heavy atom. The fraction of sp³-hybridized carbons (Fsp3) is 0.238. The first-order valence-electron chi connectivity index (χ1n) is 8.58. The first-order valence-corrected chi connectivity index (χ1v) is 8.58. The molecule has 0 saturated carbocycles. The highest BCUT2D eigenvalue weighted by molar-refractivity contribution is 6.07. The molecule has 0 unspecified atom stereocenters. The van der Waals surface area contributed by atoms with Crippen molar-refractivity contribution in [2.75, 3.05) is 33.9 Å². The van der Waals surface area contributed by atoms with E-state index in [2.05, 4.69) is 0 Å². The molecule has 2 aromatic rings. The maximum absolute atomic E-state index is 12.4. The largest absolute Gasteiger partial charge is 0.486 e. The van der Waals surface area contributed by atoms with Crippen molar-refractivity contribution in [3.63, 3.8) is 0 Å². The number of rotatable bonds is 6. The Balaban J connectivity index is 1.65. The van der Waals surface area contributed by atoms with Crippen LogP contribution < -0.4 is 14.2 Å². The molecule has 6 heteroatoms. The van der Waals surface area contributed by atoms with Crippen LogP contribution >= 0.6 is 0 Å². The van der Waals surface area contributed by atoms with E-state index in [-0.39, 0.29) is 18.3 Å². The predicted molar refractivity (Wildman–Crippen MR) is 101 cm³/mol. The van der Waals surface area contributed by atoms with Gasteiger partial charge in [0.2, 0.25) is 0 Å². The number of allylic oxidation sites excluding steroid dienone is 1. The van der Waals surface area contributed by atoms with Crippen LogP contribution in [0.25, 0.3) is 6.08 Å². The van der Waals surface area contributed by atoms with E-state index in [0.717, 1.165) is 5.56 Å². The van der Waals surface area contributed by atoms with Crippen molar-refractivity contribution >= 4 is 17.8 Å². The third-order valence-corrected chi connectivity index (χ3v) is 4.01. The lowest BCUT2D eigenvalue weighted by Gasteiger charge is -2.19. The number of likely N-dealkylation sites (N-methyl/N-ethyl adjacent to an activating group) is 1. The van der Waals surface area contributed by atoms with E-state index < -0.39 is 0 Å². The molecule has 0 spiro atoms. The summed E-state index contributed by atoms with van der Waals surface area (Å²) in [6, 6.07) is 12.3. The van der Waals surface area contributed by atoms with Gasteiger partial charge < -0.3 is 19.1 Å². The lowest BCUT2D eigenvalue weighted by Crippen LogP contribution is -2.27. The molecule has 1 heterocycles. The second kappa shape index (κ2) is 8.40. The van der Waals surface area contributed by atoms with Gasteiger partial charge in [-0.05, 0) is 42.5 Å². The van der Waals surface area contributed by atoms with Gasteiger partial charge in [-0.1, -0.05) is 12.1 Å². The summed E-state index contributed by atoms with van der Waals surface area (Å²) in [7, 11) is 3.33. The summed E-state index contributed by atoms with van der Waals surface area (Å²) in [4.78, 5) is 25.4. The highest BCUT2D eigenvalue weighted by Gasteiger charge is 2.14. The average Bonchev–Trinajstić information content (AvgIpc) is 2.70. The van der Waals surface area contributed by atoms with E-state index in [4.69, 9.17) is 14.2 Å². The van der Waals surface area contributed by atoms with Crippen molar-refractivity contribution in [3.8, 4) is 17.2 Å². The van der Waals surface area contributed by atoms with Gasteiger partial charge in [0.25, 0.3) is 5.91 Å². The van der Waals surface area contributed by atoms with Crippen LogP contribution in [0.15, 0.2) is 48.5 Å². The first-order chi connectivity index (χ1) is 13.0. The Morgan fingerprint density at radius 2 is 1.81 bits per heavy atom. The molecule has 0 N–H and O–H groups in total. The molecule has 2 aromatic carbocycles. The van der Waals surface area contributed by atoms with Gasteiger partial charge in [0.15, 0.2) is 23.9 Å². The monoisotopic (exact) mass is 367 g/mol. The van der Waals surface area contributed by atoms with Crippen LogP contribution in [0.4, 0.5) is 0 Å². The molecule has 0 aliphatic carbocycles. The standard InChI is InChI=1S/C21H21NO5/c1-22(2)20(24)14-27-17-9-6-15(7-10-17)18(23)11-8-16-4-3-5-19-21(16)26-13-12-25-19/h3-11H,12-14H2,1-2H3. The van der Waals surface area contributed by atoms with Crippen LogP contribution in [-0.4, -0.2) is 50.5 Å². The molecule has 1 aliphatic rings. The summed E-state index contributed by atoms with van der Waals surface area (Å²) in [5, 5.41) is 0.